The molecule has 0 amide bonds. The number of benzene rings is 4. The van der Waals surface area contributed by atoms with Crippen LogP contribution in [0.25, 0.3) is 16.8 Å². The fourth-order valence-corrected chi connectivity index (χ4v) is 6.80. The third-order valence-electron chi connectivity index (χ3n) is 8.94. The second-order valence-corrected chi connectivity index (χ2v) is 12.1. The van der Waals surface area contributed by atoms with Crippen LogP contribution in [0.1, 0.15) is 54.5 Å². The number of hydrogen-bond acceptors (Lipinski definition) is 6. The molecule has 6 nitrogen and oxygen atoms in total. The summed E-state index contributed by atoms with van der Waals surface area (Å²) in [6, 6.07) is 20.9. The molecule has 4 aromatic carbocycles. The van der Waals surface area contributed by atoms with Crippen LogP contribution in [0.2, 0.25) is 0 Å². The summed E-state index contributed by atoms with van der Waals surface area (Å²) in [4.78, 5) is 2.44. The van der Waals surface area contributed by atoms with Crippen molar-refractivity contribution in [1.29, 1.82) is 0 Å². The van der Waals surface area contributed by atoms with Crippen LogP contribution in [0.15, 0.2) is 66.7 Å². The first kappa shape index (κ1) is 26.7. The summed E-state index contributed by atoms with van der Waals surface area (Å²) in [6.07, 6.45) is 7.40. The zero-order chi connectivity index (χ0) is 29.1. The summed E-state index contributed by atoms with van der Waals surface area (Å²) < 4.78 is 25.1. The quantitative estimate of drug-likeness (QED) is 0.272. The number of rotatable bonds is 6. The number of fused-ring (bicyclic) bond motifs is 5. The molecule has 0 bridgehead atoms. The molecule has 0 aromatic heterocycles. The van der Waals surface area contributed by atoms with Gasteiger partial charge in [0.05, 0.1) is 20.8 Å². The summed E-state index contributed by atoms with van der Waals surface area (Å²) in [7, 11) is 3.37. The first-order valence-corrected chi connectivity index (χ1v) is 14.7. The van der Waals surface area contributed by atoms with Crippen molar-refractivity contribution in [2.45, 2.75) is 50.9 Å². The second kappa shape index (κ2) is 9.99. The second-order valence-electron chi connectivity index (χ2n) is 12.1. The Morgan fingerprint density at radius 1 is 0.833 bits per heavy atom. The fourth-order valence-electron chi connectivity index (χ4n) is 6.80. The van der Waals surface area contributed by atoms with Gasteiger partial charge >= 0.3 is 0 Å². The lowest BCUT2D eigenvalue weighted by molar-refractivity contribution is 0.140. The van der Waals surface area contributed by atoms with Gasteiger partial charge in [-0.1, -0.05) is 30.3 Å². The van der Waals surface area contributed by atoms with Crippen LogP contribution in [0.5, 0.6) is 23.0 Å². The van der Waals surface area contributed by atoms with Crippen LogP contribution >= 0.6 is 0 Å². The number of hydrogen-bond donors (Lipinski definition) is 1. The molecule has 1 unspecified atom stereocenters. The Morgan fingerprint density at radius 2 is 1.50 bits per heavy atom. The maximum atomic E-state index is 10.5. The van der Waals surface area contributed by atoms with Gasteiger partial charge < -0.3 is 29.0 Å². The third-order valence-corrected chi connectivity index (χ3v) is 8.94. The molecule has 3 heterocycles. The highest BCUT2D eigenvalue weighted by Crippen LogP contribution is 2.52. The Labute approximate surface area is 247 Å². The highest BCUT2D eigenvalue weighted by atomic mass is 16.5. The maximum Gasteiger partial charge on any atom is 0.178 e. The van der Waals surface area contributed by atoms with E-state index in [1.54, 1.807) is 14.2 Å². The molecule has 7 rings (SSSR count). The molecule has 0 aliphatic carbocycles. The predicted molar refractivity (Wildman–Crippen MR) is 166 cm³/mol. The molecule has 0 radical (unpaired) electrons. The van der Waals surface area contributed by atoms with Crippen LogP contribution in [-0.2, 0) is 18.6 Å². The monoisotopic (exact) mass is 563 g/mol. The van der Waals surface area contributed by atoms with Crippen LogP contribution in [-0.4, -0.2) is 38.0 Å². The minimum absolute atomic E-state index is 0.115. The van der Waals surface area contributed by atoms with E-state index in [0.29, 0.717) is 5.75 Å². The largest absolute Gasteiger partial charge is 0.497 e. The average Bonchev–Trinajstić information content (AvgIpc) is 3.67. The smallest absolute Gasteiger partial charge is 0.178 e. The van der Waals surface area contributed by atoms with Crippen molar-refractivity contribution in [3.63, 3.8) is 0 Å². The highest BCUT2D eigenvalue weighted by Gasteiger charge is 2.40. The molecule has 216 valence electrons. The molecular weight excluding hydrogens is 526 g/mol. The SMILES string of the molecule is COc1ccc(C2(c3ccc(N4CCCC4)cc3)C=Cc3c(CO)cc4c5c(c(OC)cc4c3O2)CC(C)(C)O5)cc1. The molecule has 0 spiro atoms. The van der Waals surface area contributed by atoms with Crippen molar-refractivity contribution in [2.24, 2.45) is 0 Å². The number of ether oxygens (including phenoxy) is 4. The number of nitrogens with zero attached hydrogens (tertiary/aromatic N) is 1. The predicted octanol–water partition coefficient (Wildman–Crippen LogP) is 7.01. The van der Waals surface area contributed by atoms with Crippen molar-refractivity contribution in [3.8, 4) is 23.0 Å². The summed E-state index contributed by atoms with van der Waals surface area (Å²) in [5.74, 6) is 3.07. The summed E-state index contributed by atoms with van der Waals surface area (Å²) >= 11 is 0. The van der Waals surface area contributed by atoms with Crippen molar-refractivity contribution >= 4 is 22.5 Å². The molecular formula is C36H37NO5. The number of methoxy groups -OCH3 is 2. The van der Waals surface area contributed by atoms with Crippen molar-refractivity contribution in [2.75, 3.05) is 32.2 Å². The Kier molecular flexibility index (Phi) is 6.35. The van der Waals surface area contributed by atoms with Gasteiger partial charge in [0, 0.05) is 58.2 Å². The molecule has 3 aliphatic heterocycles. The van der Waals surface area contributed by atoms with Gasteiger partial charge in [-0.15, -0.1) is 0 Å². The molecule has 1 N–H and O–H groups in total. The van der Waals surface area contributed by atoms with E-state index in [2.05, 4.69) is 73.4 Å². The van der Waals surface area contributed by atoms with E-state index in [9.17, 15) is 5.11 Å². The molecule has 1 saturated heterocycles. The minimum atomic E-state index is -0.907. The minimum Gasteiger partial charge on any atom is -0.497 e. The average molecular weight is 564 g/mol. The first-order valence-electron chi connectivity index (χ1n) is 14.7. The van der Waals surface area contributed by atoms with Crippen LogP contribution < -0.4 is 23.8 Å². The highest BCUT2D eigenvalue weighted by molar-refractivity contribution is 6.00. The van der Waals surface area contributed by atoms with Gasteiger partial charge in [0.25, 0.3) is 0 Å². The zero-order valence-corrected chi connectivity index (χ0v) is 24.7. The Balaban J connectivity index is 1.44. The molecule has 3 aliphatic rings. The first-order chi connectivity index (χ1) is 20.4. The summed E-state index contributed by atoms with van der Waals surface area (Å²) in [6.45, 7) is 6.24. The summed E-state index contributed by atoms with van der Waals surface area (Å²) in [5.41, 5.74) is 4.67. The molecule has 1 atom stereocenters. The molecule has 4 aromatic rings. The van der Waals surface area contributed by atoms with Crippen LogP contribution in [0, 0.1) is 0 Å². The number of aliphatic hydroxyl groups excluding tert-OH is 1. The lowest BCUT2D eigenvalue weighted by Gasteiger charge is -2.37. The fraction of sp³-hybridized carbons (Fsp3) is 0.333. The molecule has 6 heteroatoms. The van der Waals surface area contributed by atoms with Gasteiger partial charge in [0.2, 0.25) is 0 Å². The lowest BCUT2D eigenvalue weighted by atomic mass is 9.82. The van der Waals surface area contributed by atoms with Crippen molar-refractivity contribution < 1.29 is 24.1 Å². The topological polar surface area (TPSA) is 60.4 Å². The molecule has 1 fully saturated rings. The lowest BCUT2D eigenvalue weighted by Crippen LogP contribution is -2.34. The number of aliphatic hydroxyl groups is 1. The zero-order valence-electron chi connectivity index (χ0n) is 24.7. The van der Waals surface area contributed by atoms with Gasteiger partial charge in [-0.25, -0.2) is 0 Å². The Hall–Kier alpha value is -4.16. The third kappa shape index (κ3) is 4.19. The molecule has 0 saturated carbocycles. The van der Waals surface area contributed by atoms with Gasteiger partial charge in [-0.05, 0) is 74.7 Å². The van der Waals surface area contributed by atoms with Crippen molar-refractivity contribution in [1.82, 2.24) is 0 Å². The van der Waals surface area contributed by atoms with E-state index in [0.717, 1.165) is 75.3 Å². The van der Waals surface area contributed by atoms with E-state index < -0.39 is 5.60 Å². The summed E-state index contributed by atoms with van der Waals surface area (Å²) in [5, 5.41) is 12.3. The molecule has 42 heavy (non-hydrogen) atoms. The normalized spacial score (nSPS) is 20.2. The van der Waals surface area contributed by atoms with Crippen molar-refractivity contribution in [3.05, 3.63) is 94.6 Å². The number of anilines is 1. The Bertz CT molecular complexity index is 1680. The van der Waals surface area contributed by atoms with Gasteiger partial charge in [0.1, 0.15) is 28.6 Å². The van der Waals surface area contributed by atoms with E-state index >= 15 is 0 Å². The standard InChI is InChI=1S/C36H37NO5/c1-35(2)21-31-32(40-4)20-30-29(34(31)41-35)19-23(22-38)28-15-16-36(42-33(28)30,25-9-13-27(39-3)14-10-25)24-7-11-26(12-8-24)37-17-5-6-18-37/h7-16,19-20,38H,5-6,17-18,21-22H2,1-4H3. The van der Waals surface area contributed by atoms with E-state index in [1.165, 1.54) is 18.5 Å². The van der Waals surface area contributed by atoms with E-state index in [1.807, 2.05) is 18.2 Å². The van der Waals surface area contributed by atoms with Crippen LogP contribution in [0.4, 0.5) is 5.69 Å². The Morgan fingerprint density at radius 3 is 2.14 bits per heavy atom. The van der Waals surface area contributed by atoms with Gasteiger partial charge in [-0.2, -0.15) is 0 Å². The van der Waals surface area contributed by atoms with Crippen LogP contribution in [0.3, 0.4) is 0 Å². The van der Waals surface area contributed by atoms with Gasteiger partial charge in [0.15, 0.2) is 5.60 Å². The van der Waals surface area contributed by atoms with E-state index in [-0.39, 0.29) is 12.2 Å². The van der Waals surface area contributed by atoms with Gasteiger partial charge in [-0.3, -0.25) is 0 Å². The van der Waals surface area contributed by atoms with E-state index in [4.69, 9.17) is 18.9 Å². The maximum absolute atomic E-state index is 10.5.